The zero-order valence-corrected chi connectivity index (χ0v) is 15.4. The molecule has 0 N–H and O–H groups in total. The first-order valence-corrected chi connectivity index (χ1v) is 8.61. The molecule has 6 heteroatoms. The smallest absolute Gasteiger partial charge is 0.208 e. The molecule has 1 atom stereocenters. The molecule has 2 aromatic heterocycles. The second-order valence-corrected chi connectivity index (χ2v) is 7.71. The van der Waals surface area contributed by atoms with Crippen LogP contribution in [0.5, 0.6) is 0 Å². The molecule has 1 saturated heterocycles. The normalized spacial score (nSPS) is 19.8. The highest BCUT2D eigenvalue weighted by Gasteiger charge is 2.24. The SMILES string of the molecule is Cc1cc(C)n(CC2CN(Cc3ncc(C(C)(C)C)o3)CCO2)n1. The second kappa shape index (κ2) is 6.69. The van der Waals surface area contributed by atoms with E-state index in [1.807, 2.05) is 17.8 Å². The van der Waals surface area contributed by atoms with Gasteiger partial charge < -0.3 is 9.15 Å². The summed E-state index contributed by atoms with van der Waals surface area (Å²) in [6.07, 6.45) is 2.00. The Hall–Kier alpha value is -1.66. The van der Waals surface area contributed by atoms with Crippen molar-refractivity contribution >= 4 is 0 Å². The summed E-state index contributed by atoms with van der Waals surface area (Å²) in [6, 6.07) is 2.10. The van der Waals surface area contributed by atoms with Gasteiger partial charge >= 0.3 is 0 Å². The van der Waals surface area contributed by atoms with Crippen molar-refractivity contribution in [3.63, 3.8) is 0 Å². The topological polar surface area (TPSA) is 56.3 Å². The summed E-state index contributed by atoms with van der Waals surface area (Å²) in [4.78, 5) is 6.78. The summed E-state index contributed by atoms with van der Waals surface area (Å²) in [5, 5.41) is 4.53. The molecule has 0 aliphatic carbocycles. The van der Waals surface area contributed by atoms with Gasteiger partial charge in [0.15, 0.2) is 0 Å². The highest BCUT2D eigenvalue weighted by molar-refractivity contribution is 5.07. The van der Waals surface area contributed by atoms with E-state index in [9.17, 15) is 0 Å². The van der Waals surface area contributed by atoms with Gasteiger partial charge in [0, 0.05) is 24.2 Å². The lowest BCUT2D eigenvalue weighted by atomic mass is 9.94. The minimum Gasteiger partial charge on any atom is -0.444 e. The molecular formula is C18H28N4O2. The highest BCUT2D eigenvalue weighted by Crippen LogP contribution is 2.23. The van der Waals surface area contributed by atoms with E-state index in [0.717, 1.165) is 50.1 Å². The molecule has 1 aliphatic rings. The molecule has 3 rings (SSSR count). The van der Waals surface area contributed by atoms with Gasteiger partial charge in [-0.25, -0.2) is 4.98 Å². The number of hydrogen-bond acceptors (Lipinski definition) is 5. The average Bonchev–Trinajstić information content (AvgIpc) is 3.06. The van der Waals surface area contributed by atoms with Gasteiger partial charge in [0.1, 0.15) is 5.76 Å². The quantitative estimate of drug-likeness (QED) is 0.861. The number of oxazole rings is 1. The standard InChI is InChI=1S/C18H28N4O2/c1-13-8-14(2)22(20-13)11-15-10-21(6-7-23-15)12-17-19-9-16(24-17)18(3,4)5/h8-9,15H,6-7,10-12H2,1-5H3. The number of hydrogen-bond donors (Lipinski definition) is 0. The lowest BCUT2D eigenvalue weighted by Gasteiger charge is -2.32. The molecule has 1 unspecified atom stereocenters. The summed E-state index contributed by atoms with van der Waals surface area (Å²) in [5.74, 6) is 1.72. The Bertz CT molecular complexity index is 683. The van der Waals surface area contributed by atoms with Crippen LogP contribution in [-0.2, 0) is 23.2 Å². The lowest BCUT2D eigenvalue weighted by molar-refractivity contribution is -0.0426. The third kappa shape index (κ3) is 4.05. The van der Waals surface area contributed by atoms with E-state index in [0.29, 0.717) is 0 Å². The molecule has 0 spiro atoms. The van der Waals surface area contributed by atoms with E-state index in [1.54, 1.807) is 0 Å². The first kappa shape index (κ1) is 17.2. The maximum Gasteiger partial charge on any atom is 0.208 e. The molecule has 3 heterocycles. The van der Waals surface area contributed by atoms with E-state index in [1.165, 1.54) is 5.69 Å². The van der Waals surface area contributed by atoms with Crippen LogP contribution in [0, 0.1) is 13.8 Å². The van der Waals surface area contributed by atoms with Crippen LogP contribution in [0.15, 0.2) is 16.7 Å². The molecule has 0 saturated carbocycles. The summed E-state index contributed by atoms with van der Waals surface area (Å²) in [6.45, 7) is 14.5. The van der Waals surface area contributed by atoms with Crippen molar-refractivity contribution < 1.29 is 9.15 Å². The van der Waals surface area contributed by atoms with Gasteiger partial charge in [0.2, 0.25) is 5.89 Å². The van der Waals surface area contributed by atoms with Crippen LogP contribution in [-0.4, -0.2) is 45.5 Å². The molecular weight excluding hydrogens is 304 g/mol. The third-order valence-corrected chi connectivity index (χ3v) is 4.35. The Balaban J connectivity index is 1.59. The maximum absolute atomic E-state index is 5.92. The van der Waals surface area contributed by atoms with E-state index in [2.05, 4.69) is 48.7 Å². The van der Waals surface area contributed by atoms with Gasteiger partial charge in [-0.3, -0.25) is 9.58 Å². The van der Waals surface area contributed by atoms with Crippen molar-refractivity contribution in [1.29, 1.82) is 0 Å². The molecule has 0 amide bonds. The molecule has 0 aromatic carbocycles. The van der Waals surface area contributed by atoms with Crippen LogP contribution < -0.4 is 0 Å². The van der Waals surface area contributed by atoms with E-state index < -0.39 is 0 Å². The fraction of sp³-hybridized carbons (Fsp3) is 0.667. The number of morpholine rings is 1. The predicted molar refractivity (Wildman–Crippen MR) is 91.9 cm³/mol. The molecule has 6 nitrogen and oxygen atoms in total. The first-order chi connectivity index (χ1) is 11.3. The molecule has 1 aliphatic heterocycles. The predicted octanol–water partition coefficient (Wildman–Crippen LogP) is 2.69. The van der Waals surface area contributed by atoms with Gasteiger partial charge in [-0.1, -0.05) is 20.8 Å². The number of nitrogens with zero attached hydrogens (tertiary/aromatic N) is 4. The average molecular weight is 332 g/mol. The molecule has 24 heavy (non-hydrogen) atoms. The second-order valence-electron chi connectivity index (χ2n) is 7.71. The van der Waals surface area contributed by atoms with Crippen LogP contribution in [0.25, 0.3) is 0 Å². The van der Waals surface area contributed by atoms with Gasteiger partial charge in [-0.2, -0.15) is 5.10 Å². The minimum atomic E-state index is -0.00568. The largest absolute Gasteiger partial charge is 0.444 e. The highest BCUT2D eigenvalue weighted by atomic mass is 16.5. The Kier molecular flexibility index (Phi) is 4.78. The monoisotopic (exact) mass is 332 g/mol. The van der Waals surface area contributed by atoms with Crippen LogP contribution >= 0.6 is 0 Å². The van der Waals surface area contributed by atoms with Crippen LogP contribution in [0.2, 0.25) is 0 Å². The van der Waals surface area contributed by atoms with Gasteiger partial charge in [-0.15, -0.1) is 0 Å². The van der Waals surface area contributed by atoms with Crippen LogP contribution in [0.3, 0.4) is 0 Å². The van der Waals surface area contributed by atoms with Gasteiger partial charge in [-0.05, 0) is 19.9 Å². The molecule has 2 aromatic rings. The van der Waals surface area contributed by atoms with Crippen molar-refractivity contribution in [2.75, 3.05) is 19.7 Å². The summed E-state index contributed by atoms with van der Waals surface area (Å²) in [5.41, 5.74) is 2.22. The Morgan fingerprint density at radius 2 is 2.08 bits per heavy atom. The van der Waals surface area contributed by atoms with Crippen LogP contribution in [0.1, 0.15) is 43.8 Å². The molecule has 132 valence electrons. The van der Waals surface area contributed by atoms with E-state index >= 15 is 0 Å². The van der Waals surface area contributed by atoms with Gasteiger partial charge in [0.25, 0.3) is 0 Å². The zero-order valence-electron chi connectivity index (χ0n) is 15.4. The number of aromatic nitrogens is 3. The molecule has 1 fully saturated rings. The Labute approximate surface area is 143 Å². The summed E-state index contributed by atoms with van der Waals surface area (Å²) in [7, 11) is 0. The van der Waals surface area contributed by atoms with Crippen molar-refractivity contribution in [2.45, 2.75) is 59.2 Å². The Morgan fingerprint density at radius 1 is 1.29 bits per heavy atom. The van der Waals surface area contributed by atoms with Crippen molar-refractivity contribution in [1.82, 2.24) is 19.7 Å². The summed E-state index contributed by atoms with van der Waals surface area (Å²) < 4.78 is 13.9. The number of ether oxygens (including phenoxy) is 1. The Morgan fingerprint density at radius 3 is 2.71 bits per heavy atom. The van der Waals surface area contributed by atoms with Crippen LogP contribution in [0.4, 0.5) is 0 Å². The number of aryl methyl sites for hydroxylation is 2. The first-order valence-electron chi connectivity index (χ1n) is 8.61. The van der Waals surface area contributed by atoms with Crippen molar-refractivity contribution in [3.05, 3.63) is 35.3 Å². The summed E-state index contributed by atoms with van der Waals surface area (Å²) >= 11 is 0. The third-order valence-electron chi connectivity index (χ3n) is 4.35. The zero-order chi connectivity index (χ0) is 17.3. The molecule has 0 radical (unpaired) electrons. The minimum absolute atomic E-state index is 0.00568. The fourth-order valence-corrected chi connectivity index (χ4v) is 3.01. The van der Waals surface area contributed by atoms with Crippen molar-refractivity contribution in [3.8, 4) is 0 Å². The van der Waals surface area contributed by atoms with E-state index in [4.69, 9.17) is 9.15 Å². The van der Waals surface area contributed by atoms with Gasteiger partial charge in [0.05, 0.1) is 37.7 Å². The lowest BCUT2D eigenvalue weighted by Crippen LogP contribution is -2.44. The maximum atomic E-state index is 5.92. The van der Waals surface area contributed by atoms with Crippen molar-refractivity contribution in [2.24, 2.45) is 0 Å². The van der Waals surface area contributed by atoms with E-state index in [-0.39, 0.29) is 11.5 Å². The molecule has 0 bridgehead atoms. The number of rotatable bonds is 4. The fourth-order valence-electron chi connectivity index (χ4n) is 3.01.